The Morgan fingerprint density at radius 1 is 1.33 bits per heavy atom. The summed E-state index contributed by atoms with van der Waals surface area (Å²) >= 11 is 0. The molecule has 2 rings (SSSR count). The first-order valence-corrected chi connectivity index (χ1v) is 9.01. The summed E-state index contributed by atoms with van der Waals surface area (Å²) in [4.78, 5) is 13.5. The Morgan fingerprint density at radius 3 is 2.71 bits per heavy atom. The Bertz CT molecular complexity index is 527. The molecule has 1 aliphatic carbocycles. The number of quaternary nitrogens is 1. The van der Waals surface area contributed by atoms with Gasteiger partial charge in [0.2, 0.25) is 0 Å². The van der Waals surface area contributed by atoms with E-state index in [0.717, 1.165) is 18.7 Å². The number of hydrogen-bond acceptors (Lipinski definition) is 2. The second-order valence-corrected chi connectivity index (χ2v) is 6.99. The number of rotatable bonds is 8. The summed E-state index contributed by atoms with van der Waals surface area (Å²) in [6, 6.07) is 8.41. The van der Waals surface area contributed by atoms with Crippen LogP contribution in [0.25, 0.3) is 0 Å². The predicted octanol–water partition coefficient (Wildman–Crippen LogP) is 1.96. The van der Waals surface area contributed by atoms with Crippen molar-refractivity contribution in [3.63, 3.8) is 0 Å². The third kappa shape index (κ3) is 6.00. The normalized spacial score (nSPS) is 21.8. The van der Waals surface area contributed by atoms with Crippen LogP contribution in [0.1, 0.15) is 38.2 Å². The number of carbonyl (C=O) groups excluding carboxylic acids is 1. The van der Waals surface area contributed by atoms with Crippen LogP contribution in [0.4, 0.5) is 0 Å². The highest BCUT2D eigenvalue weighted by molar-refractivity contribution is 5.77. The molecule has 24 heavy (non-hydrogen) atoms. The zero-order valence-electron chi connectivity index (χ0n) is 15.0. The van der Waals surface area contributed by atoms with Crippen LogP contribution >= 0.6 is 0 Å². The van der Waals surface area contributed by atoms with Crippen molar-refractivity contribution in [3.05, 3.63) is 42.5 Å². The molecule has 1 amide bonds. The summed E-state index contributed by atoms with van der Waals surface area (Å²) < 4.78 is 5.49. The number of amides is 1. The molecule has 1 aromatic rings. The summed E-state index contributed by atoms with van der Waals surface area (Å²) in [5.74, 6) is 1.61. The topological polar surface area (TPSA) is 42.8 Å². The molecular weight excluding hydrogens is 300 g/mol. The first-order valence-electron chi connectivity index (χ1n) is 9.01. The number of hydrogen-bond donors (Lipinski definition) is 2. The second-order valence-electron chi connectivity index (χ2n) is 6.99. The van der Waals surface area contributed by atoms with Gasteiger partial charge in [-0.2, -0.15) is 0 Å². The quantitative estimate of drug-likeness (QED) is 0.715. The minimum Gasteiger partial charge on any atom is -0.490 e. The zero-order chi connectivity index (χ0) is 17.4. The highest BCUT2D eigenvalue weighted by Gasteiger charge is 2.23. The maximum Gasteiger partial charge on any atom is 0.275 e. The molecule has 0 bridgehead atoms. The van der Waals surface area contributed by atoms with Gasteiger partial charge in [0, 0.05) is 11.6 Å². The maximum atomic E-state index is 12.3. The van der Waals surface area contributed by atoms with E-state index in [1.165, 1.54) is 29.7 Å². The average Bonchev–Trinajstić information content (AvgIpc) is 2.56. The molecule has 1 unspecified atom stereocenters. The molecule has 4 heteroatoms. The summed E-state index contributed by atoms with van der Waals surface area (Å²) in [6.07, 6.45) is 6.62. The zero-order valence-corrected chi connectivity index (χ0v) is 15.0. The Kier molecular flexibility index (Phi) is 7.32. The van der Waals surface area contributed by atoms with Crippen LogP contribution in [0.2, 0.25) is 0 Å². The van der Waals surface area contributed by atoms with Gasteiger partial charge in [0.25, 0.3) is 5.91 Å². The van der Waals surface area contributed by atoms with Gasteiger partial charge >= 0.3 is 0 Å². The van der Waals surface area contributed by atoms with Gasteiger partial charge in [0.15, 0.2) is 6.54 Å². The Balaban J connectivity index is 1.76. The molecule has 0 spiro atoms. The number of ether oxygens (including phenoxy) is 1. The molecule has 3 atom stereocenters. The van der Waals surface area contributed by atoms with Crippen molar-refractivity contribution in [2.45, 2.75) is 45.2 Å². The SMILES string of the molecule is C=CCOc1ccc(C[NH+](C)CC(=O)N[C@H]2CCCC[C@@H]2C)cc1. The van der Waals surface area contributed by atoms with Gasteiger partial charge in [-0.3, -0.25) is 4.79 Å². The molecule has 4 nitrogen and oxygen atoms in total. The summed E-state index contributed by atoms with van der Waals surface area (Å²) in [6.45, 7) is 7.75. The molecule has 0 heterocycles. The molecule has 1 fully saturated rings. The molecule has 1 aromatic carbocycles. The van der Waals surface area contributed by atoms with Crippen molar-refractivity contribution < 1.29 is 14.4 Å². The molecular formula is C20H31N2O2+. The van der Waals surface area contributed by atoms with E-state index in [1.54, 1.807) is 6.08 Å². The van der Waals surface area contributed by atoms with Crippen LogP contribution in [0, 0.1) is 5.92 Å². The molecule has 0 aromatic heterocycles. The standard InChI is InChI=1S/C20H30N2O2/c1-4-13-24-18-11-9-17(10-12-18)14-22(3)15-20(23)21-19-8-6-5-7-16(19)2/h4,9-12,16,19H,1,5-8,13-15H2,2-3H3,(H,21,23)/p+1/t16-,19-/m0/s1. The van der Waals surface area contributed by atoms with E-state index < -0.39 is 0 Å². The molecule has 2 N–H and O–H groups in total. The van der Waals surface area contributed by atoms with E-state index in [4.69, 9.17) is 4.74 Å². The number of carbonyl (C=O) groups is 1. The molecule has 132 valence electrons. The van der Waals surface area contributed by atoms with Crippen molar-refractivity contribution >= 4 is 5.91 Å². The van der Waals surface area contributed by atoms with E-state index >= 15 is 0 Å². The van der Waals surface area contributed by atoms with E-state index in [2.05, 4.69) is 38.0 Å². The van der Waals surface area contributed by atoms with E-state index in [0.29, 0.717) is 25.1 Å². The van der Waals surface area contributed by atoms with Crippen LogP contribution in [0.5, 0.6) is 5.75 Å². The second kappa shape index (κ2) is 9.48. The minimum atomic E-state index is 0.164. The fourth-order valence-corrected chi connectivity index (χ4v) is 3.33. The van der Waals surface area contributed by atoms with Gasteiger partial charge < -0.3 is 15.0 Å². The number of nitrogens with one attached hydrogen (secondary N) is 2. The van der Waals surface area contributed by atoms with Gasteiger partial charge in [-0.15, -0.1) is 0 Å². The lowest BCUT2D eigenvalue weighted by Gasteiger charge is -2.29. The van der Waals surface area contributed by atoms with Gasteiger partial charge in [-0.05, 0) is 43.0 Å². The third-order valence-corrected chi connectivity index (χ3v) is 4.72. The summed E-state index contributed by atoms with van der Waals surface area (Å²) in [5, 5.41) is 3.23. The fraction of sp³-hybridized carbons (Fsp3) is 0.550. The van der Waals surface area contributed by atoms with Crippen molar-refractivity contribution in [2.24, 2.45) is 5.92 Å². The third-order valence-electron chi connectivity index (χ3n) is 4.72. The first kappa shape index (κ1) is 18.5. The lowest BCUT2D eigenvalue weighted by Crippen LogP contribution is -3.09. The predicted molar refractivity (Wildman–Crippen MR) is 97.2 cm³/mol. The van der Waals surface area contributed by atoms with E-state index in [9.17, 15) is 4.79 Å². The van der Waals surface area contributed by atoms with Crippen molar-refractivity contribution in [1.82, 2.24) is 5.32 Å². The van der Waals surface area contributed by atoms with Crippen molar-refractivity contribution in [1.29, 1.82) is 0 Å². The monoisotopic (exact) mass is 331 g/mol. The fourth-order valence-electron chi connectivity index (χ4n) is 3.33. The number of benzene rings is 1. The molecule has 1 saturated carbocycles. The van der Waals surface area contributed by atoms with E-state index in [-0.39, 0.29) is 5.91 Å². The summed E-state index contributed by atoms with van der Waals surface area (Å²) in [7, 11) is 2.06. The Labute approximate surface area is 145 Å². The Hall–Kier alpha value is -1.81. The van der Waals surface area contributed by atoms with Crippen LogP contribution in [-0.4, -0.2) is 32.1 Å². The first-order chi connectivity index (χ1) is 11.6. The Morgan fingerprint density at radius 2 is 2.04 bits per heavy atom. The maximum absolute atomic E-state index is 12.3. The van der Waals surface area contributed by atoms with Gasteiger partial charge in [0.1, 0.15) is 18.9 Å². The smallest absolute Gasteiger partial charge is 0.275 e. The van der Waals surface area contributed by atoms with Crippen LogP contribution < -0.4 is 15.0 Å². The van der Waals surface area contributed by atoms with Crippen LogP contribution in [0.15, 0.2) is 36.9 Å². The highest BCUT2D eigenvalue weighted by Crippen LogP contribution is 2.23. The van der Waals surface area contributed by atoms with Crippen molar-refractivity contribution in [2.75, 3.05) is 20.2 Å². The molecule has 0 radical (unpaired) electrons. The lowest BCUT2D eigenvalue weighted by molar-refractivity contribution is -0.885. The highest BCUT2D eigenvalue weighted by atomic mass is 16.5. The molecule has 0 aliphatic heterocycles. The van der Waals surface area contributed by atoms with Gasteiger partial charge in [0.05, 0.1) is 7.05 Å². The average molecular weight is 331 g/mol. The van der Waals surface area contributed by atoms with Crippen LogP contribution in [0.3, 0.4) is 0 Å². The largest absolute Gasteiger partial charge is 0.490 e. The summed E-state index contributed by atoms with van der Waals surface area (Å²) in [5.41, 5.74) is 1.21. The molecule has 1 aliphatic rings. The molecule has 0 saturated heterocycles. The number of likely N-dealkylation sites (N-methyl/N-ethyl adjacent to an activating group) is 1. The van der Waals surface area contributed by atoms with Crippen molar-refractivity contribution in [3.8, 4) is 5.75 Å². The lowest BCUT2D eigenvalue weighted by atomic mass is 9.86. The van der Waals surface area contributed by atoms with Gasteiger partial charge in [-0.25, -0.2) is 0 Å². The van der Waals surface area contributed by atoms with E-state index in [1.807, 2.05) is 12.1 Å². The van der Waals surface area contributed by atoms with Crippen LogP contribution in [-0.2, 0) is 11.3 Å². The minimum absolute atomic E-state index is 0.164. The van der Waals surface area contributed by atoms with Gasteiger partial charge in [-0.1, -0.05) is 32.4 Å².